The zero-order chi connectivity index (χ0) is 19.8. The minimum atomic E-state index is -3.67. The van der Waals surface area contributed by atoms with Crippen LogP contribution in [0.3, 0.4) is 0 Å². The van der Waals surface area contributed by atoms with Gasteiger partial charge in [0, 0.05) is 13.1 Å². The van der Waals surface area contributed by atoms with Crippen LogP contribution in [-0.2, 0) is 10.2 Å². The number of piperidine rings is 1. The van der Waals surface area contributed by atoms with Gasteiger partial charge >= 0.3 is 10.2 Å². The first-order valence-corrected chi connectivity index (χ1v) is 10.8. The molecule has 1 aliphatic rings. The molecule has 28 heavy (non-hydrogen) atoms. The lowest BCUT2D eigenvalue weighted by Crippen LogP contribution is -2.40. The van der Waals surface area contributed by atoms with E-state index in [4.69, 9.17) is 4.74 Å². The van der Waals surface area contributed by atoms with Crippen LogP contribution in [0.4, 0.5) is 5.69 Å². The van der Waals surface area contributed by atoms with E-state index in [2.05, 4.69) is 10.0 Å². The number of nitrogens with zero attached hydrogens (tertiary/aromatic N) is 1. The molecular formula is C20H25N3O4S. The van der Waals surface area contributed by atoms with Gasteiger partial charge in [0.05, 0.1) is 17.8 Å². The standard InChI is InChI=1S/C20H25N3O4S/c24-20(21-13-16-27-17-9-3-1-4-10-17)18-11-5-6-12-19(18)22-28(25,26)23-14-7-2-8-15-23/h1,3-6,9-12,22H,2,7-8,13-16H2,(H,21,24). The van der Waals surface area contributed by atoms with Crippen molar-refractivity contribution in [2.24, 2.45) is 0 Å². The van der Waals surface area contributed by atoms with E-state index in [9.17, 15) is 13.2 Å². The SMILES string of the molecule is O=C(NCCOc1ccccc1)c1ccccc1NS(=O)(=O)N1CCCCC1. The van der Waals surface area contributed by atoms with Crippen molar-refractivity contribution in [3.63, 3.8) is 0 Å². The zero-order valence-electron chi connectivity index (χ0n) is 15.6. The van der Waals surface area contributed by atoms with Crippen molar-refractivity contribution in [3.8, 4) is 5.75 Å². The fourth-order valence-corrected chi connectivity index (χ4v) is 4.35. The van der Waals surface area contributed by atoms with E-state index in [1.54, 1.807) is 24.3 Å². The average molecular weight is 404 g/mol. The van der Waals surface area contributed by atoms with Gasteiger partial charge in [-0.25, -0.2) is 0 Å². The number of rotatable bonds is 8. The molecule has 8 heteroatoms. The molecule has 0 bridgehead atoms. The van der Waals surface area contributed by atoms with E-state index in [1.807, 2.05) is 30.3 Å². The number of carbonyl (C=O) groups is 1. The lowest BCUT2D eigenvalue weighted by atomic mass is 10.1. The molecule has 2 aromatic carbocycles. The topological polar surface area (TPSA) is 87.7 Å². The summed E-state index contributed by atoms with van der Waals surface area (Å²) in [4.78, 5) is 12.5. The number of amides is 1. The molecule has 0 aromatic heterocycles. The molecule has 2 N–H and O–H groups in total. The number of benzene rings is 2. The van der Waals surface area contributed by atoms with Gasteiger partial charge in [-0.15, -0.1) is 0 Å². The molecular weight excluding hydrogens is 378 g/mol. The van der Waals surface area contributed by atoms with Crippen LogP contribution in [0.15, 0.2) is 54.6 Å². The summed E-state index contributed by atoms with van der Waals surface area (Å²) in [6, 6.07) is 15.9. The molecule has 1 aliphatic heterocycles. The highest BCUT2D eigenvalue weighted by molar-refractivity contribution is 7.90. The first-order chi connectivity index (χ1) is 13.6. The Labute approximate surface area is 165 Å². The van der Waals surface area contributed by atoms with Crippen LogP contribution < -0.4 is 14.8 Å². The fraction of sp³-hybridized carbons (Fsp3) is 0.350. The van der Waals surface area contributed by atoms with Gasteiger partial charge in [0.15, 0.2) is 0 Å². The van der Waals surface area contributed by atoms with Crippen LogP contribution in [-0.4, -0.2) is 44.9 Å². The maximum Gasteiger partial charge on any atom is 0.301 e. The molecule has 0 spiro atoms. The van der Waals surface area contributed by atoms with Gasteiger partial charge < -0.3 is 10.1 Å². The summed E-state index contributed by atoms with van der Waals surface area (Å²) in [6.45, 7) is 1.62. The molecule has 1 saturated heterocycles. The second kappa shape index (κ2) is 9.57. The van der Waals surface area contributed by atoms with Crippen molar-refractivity contribution in [2.45, 2.75) is 19.3 Å². The molecule has 0 radical (unpaired) electrons. The average Bonchev–Trinajstić information content (AvgIpc) is 2.72. The Hall–Kier alpha value is -2.58. The van der Waals surface area contributed by atoms with Gasteiger partial charge in [-0.3, -0.25) is 9.52 Å². The van der Waals surface area contributed by atoms with Crippen molar-refractivity contribution >= 4 is 21.8 Å². The lowest BCUT2D eigenvalue weighted by molar-refractivity contribution is 0.0948. The number of para-hydroxylation sites is 2. The molecule has 1 fully saturated rings. The van der Waals surface area contributed by atoms with Crippen LogP contribution in [0.25, 0.3) is 0 Å². The lowest BCUT2D eigenvalue weighted by Gasteiger charge is -2.26. The van der Waals surface area contributed by atoms with Crippen molar-refractivity contribution in [2.75, 3.05) is 31.0 Å². The van der Waals surface area contributed by atoms with Crippen molar-refractivity contribution in [1.82, 2.24) is 9.62 Å². The van der Waals surface area contributed by atoms with Crippen molar-refractivity contribution in [1.29, 1.82) is 0 Å². The summed E-state index contributed by atoms with van der Waals surface area (Å²) in [6.07, 6.45) is 2.74. The molecule has 150 valence electrons. The van der Waals surface area contributed by atoms with Gasteiger partial charge in [0.1, 0.15) is 12.4 Å². The molecule has 0 saturated carbocycles. The van der Waals surface area contributed by atoms with Crippen LogP contribution in [0.2, 0.25) is 0 Å². The second-order valence-electron chi connectivity index (χ2n) is 6.53. The van der Waals surface area contributed by atoms with E-state index >= 15 is 0 Å². The summed E-state index contributed by atoms with van der Waals surface area (Å²) in [5, 5.41) is 2.76. The number of ether oxygens (including phenoxy) is 1. The Morgan fingerprint density at radius 2 is 1.64 bits per heavy atom. The van der Waals surface area contributed by atoms with Crippen LogP contribution in [0, 0.1) is 0 Å². The molecule has 0 unspecified atom stereocenters. The number of hydrogen-bond acceptors (Lipinski definition) is 4. The highest BCUT2D eigenvalue weighted by Crippen LogP contribution is 2.20. The Bertz CT molecular complexity index is 881. The number of hydrogen-bond donors (Lipinski definition) is 2. The van der Waals surface area contributed by atoms with E-state index in [1.165, 1.54) is 4.31 Å². The smallest absolute Gasteiger partial charge is 0.301 e. The number of nitrogens with one attached hydrogen (secondary N) is 2. The van der Waals surface area contributed by atoms with Gasteiger partial charge in [-0.05, 0) is 37.1 Å². The van der Waals surface area contributed by atoms with Crippen molar-refractivity contribution in [3.05, 3.63) is 60.2 Å². The largest absolute Gasteiger partial charge is 0.492 e. The number of carbonyl (C=O) groups excluding carboxylic acids is 1. The van der Waals surface area contributed by atoms with Gasteiger partial charge in [0.25, 0.3) is 5.91 Å². The first kappa shape index (κ1) is 20.2. The van der Waals surface area contributed by atoms with Crippen LogP contribution in [0.5, 0.6) is 5.75 Å². The highest BCUT2D eigenvalue weighted by atomic mass is 32.2. The highest BCUT2D eigenvalue weighted by Gasteiger charge is 2.25. The van der Waals surface area contributed by atoms with Crippen LogP contribution in [0.1, 0.15) is 29.6 Å². The third-order valence-electron chi connectivity index (χ3n) is 4.47. The van der Waals surface area contributed by atoms with Gasteiger partial charge in [-0.2, -0.15) is 12.7 Å². The third-order valence-corrected chi connectivity index (χ3v) is 5.99. The maximum atomic E-state index is 12.6. The molecule has 1 amide bonds. The normalized spacial score (nSPS) is 15.0. The quantitative estimate of drug-likeness (QED) is 0.664. The monoisotopic (exact) mass is 403 g/mol. The van der Waals surface area contributed by atoms with E-state index in [0.717, 1.165) is 25.0 Å². The minimum absolute atomic E-state index is 0.273. The minimum Gasteiger partial charge on any atom is -0.492 e. The molecule has 2 aromatic rings. The van der Waals surface area contributed by atoms with E-state index in [-0.39, 0.29) is 17.2 Å². The molecule has 1 heterocycles. The Morgan fingerprint density at radius 1 is 0.964 bits per heavy atom. The first-order valence-electron chi connectivity index (χ1n) is 9.39. The Kier molecular flexibility index (Phi) is 6.89. The predicted molar refractivity (Wildman–Crippen MR) is 109 cm³/mol. The molecule has 7 nitrogen and oxygen atoms in total. The second-order valence-corrected chi connectivity index (χ2v) is 8.20. The summed E-state index contributed by atoms with van der Waals surface area (Å²) >= 11 is 0. The Morgan fingerprint density at radius 3 is 2.39 bits per heavy atom. The van der Waals surface area contributed by atoms with Gasteiger partial charge in [0.2, 0.25) is 0 Å². The summed E-state index contributed by atoms with van der Waals surface area (Å²) < 4.78 is 34.8. The van der Waals surface area contributed by atoms with Crippen molar-refractivity contribution < 1.29 is 17.9 Å². The predicted octanol–water partition coefficient (Wildman–Crippen LogP) is 2.64. The molecule has 0 aliphatic carbocycles. The molecule has 3 rings (SSSR count). The fourth-order valence-electron chi connectivity index (χ4n) is 3.02. The Balaban J connectivity index is 1.58. The molecule has 0 atom stereocenters. The van der Waals surface area contributed by atoms with Crippen LogP contribution >= 0.6 is 0 Å². The summed E-state index contributed by atoms with van der Waals surface area (Å²) in [5.41, 5.74) is 0.553. The van der Waals surface area contributed by atoms with Gasteiger partial charge in [-0.1, -0.05) is 36.8 Å². The zero-order valence-corrected chi connectivity index (χ0v) is 16.5. The summed E-state index contributed by atoms with van der Waals surface area (Å²) in [7, 11) is -3.67. The summed E-state index contributed by atoms with van der Waals surface area (Å²) in [5.74, 6) is 0.375. The maximum absolute atomic E-state index is 12.6. The van der Waals surface area contributed by atoms with E-state index < -0.39 is 10.2 Å². The third kappa shape index (κ3) is 5.46. The van der Waals surface area contributed by atoms with E-state index in [0.29, 0.717) is 26.2 Å². The number of anilines is 1.